The predicted octanol–water partition coefficient (Wildman–Crippen LogP) is 6.74. The molecule has 4 heteroatoms. The number of amides is 1. The van der Waals surface area contributed by atoms with E-state index in [1.807, 2.05) is 69.3 Å². The highest BCUT2D eigenvalue weighted by atomic mass is 32.1. The minimum atomic E-state index is -0.171. The Kier molecular flexibility index (Phi) is 5.03. The number of fused-ring (bicyclic) bond motifs is 1. The molecule has 29 heavy (non-hydrogen) atoms. The molecule has 0 unspecified atom stereocenters. The third kappa shape index (κ3) is 3.84. The Morgan fingerprint density at radius 1 is 0.828 bits per heavy atom. The first-order valence-corrected chi connectivity index (χ1v) is 9.95. The number of pyridine rings is 1. The summed E-state index contributed by atoms with van der Waals surface area (Å²) in [6.45, 7) is 6.10. The summed E-state index contributed by atoms with van der Waals surface area (Å²) >= 11 is 5.87. The molecule has 0 aliphatic carbocycles. The van der Waals surface area contributed by atoms with Crippen molar-refractivity contribution in [2.45, 2.75) is 20.8 Å². The second kappa shape index (κ2) is 7.64. The van der Waals surface area contributed by atoms with Crippen LogP contribution >= 0.6 is 12.2 Å². The van der Waals surface area contributed by atoms with Crippen LogP contribution in [0, 0.1) is 25.3 Å². The van der Waals surface area contributed by atoms with Gasteiger partial charge in [-0.3, -0.25) is 4.79 Å². The van der Waals surface area contributed by atoms with Crippen molar-refractivity contribution in [2.75, 3.05) is 5.32 Å². The molecular formula is C25H22N2OS. The van der Waals surface area contributed by atoms with Gasteiger partial charge in [0.2, 0.25) is 0 Å². The van der Waals surface area contributed by atoms with Crippen molar-refractivity contribution in [2.24, 2.45) is 0 Å². The lowest BCUT2D eigenvalue weighted by atomic mass is 10.0. The lowest BCUT2D eigenvalue weighted by Crippen LogP contribution is -2.14. The normalized spacial score (nSPS) is 10.9. The molecule has 0 saturated carbocycles. The minimum Gasteiger partial charge on any atom is -0.341 e. The minimum absolute atomic E-state index is 0.171. The quantitative estimate of drug-likeness (QED) is 0.375. The Hall–Kier alpha value is -3.24. The fraction of sp³-hybridized carbons (Fsp3) is 0.120. The molecule has 0 fully saturated rings. The van der Waals surface area contributed by atoms with Crippen LogP contribution in [-0.2, 0) is 0 Å². The van der Waals surface area contributed by atoms with Gasteiger partial charge in [-0.25, -0.2) is 0 Å². The van der Waals surface area contributed by atoms with Crippen LogP contribution in [0.15, 0.2) is 66.7 Å². The monoisotopic (exact) mass is 398 g/mol. The zero-order valence-corrected chi connectivity index (χ0v) is 17.5. The molecule has 0 bridgehead atoms. The number of anilines is 1. The van der Waals surface area contributed by atoms with Crippen molar-refractivity contribution in [1.82, 2.24) is 4.98 Å². The average Bonchev–Trinajstić information content (AvgIpc) is 2.70. The highest BCUT2D eigenvalue weighted by Crippen LogP contribution is 2.33. The number of aromatic nitrogens is 1. The number of aryl methyl sites for hydroxylation is 3. The number of rotatable bonds is 3. The van der Waals surface area contributed by atoms with Crippen LogP contribution in [0.2, 0.25) is 0 Å². The maximum Gasteiger partial charge on any atom is 0.256 e. The van der Waals surface area contributed by atoms with E-state index in [1.54, 1.807) is 0 Å². The molecule has 1 aromatic heterocycles. The van der Waals surface area contributed by atoms with Crippen molar-refractivity contribution in [3.05, 3.63) is 93.5 Å². The Morgan fingerprint density at radius 3 is 2.07 bits per heavy atom. The van der Waals surface area contributed by atoms with Gasteiger partial charge in [0.05, 0.1) is 4.51 Å². The van der Waals surface area contributed by atoms with Gasteiger partial charge in [-0.15, -0.1) is 0 Å². The van der Waals surface area contributed by atoms with E-state index in [-0.39, 0.29) is 5.91 Å². The zero-order valence-electron chi connectivity index (χ0n) is 16.7. The van der Waals surface area contributed by atoms with Crippen LogP contribution < -0.4 is 5.32 Å². The lowest BCUT2D eigenvalue weighted by Gasteiger charge is -2.15. The summed E-state index contributed by atoms with van der Waals surface area (Å²) in [5, 5.41) is 4.02. The van der Waals surface area contributed by atoms with E-state index in [9.17, 15) is 4.79 Å². The van der Waals surface area contributed by atoms with E-state index in [0.717, 1.165) is 37.7 Å². The molecule has 4 aromatic rings. The first-order chi connectivity index (χ1) is 13.9. The summed E-state index contributed by atoms with van der Waals surface area (Å²) < 4.78 is 0.727. The summed E-state index contributed by atoms with van der Waals surface area (Å²) in [7, 11) is 0. The van der Waals surface area contributed by atoms with E-state index >= 15 is 0 Å². The molecule has 0 saturated heterocycles. The van der Waals surface area contributed by atoms with Crippen LogP contribution in [0.1, 0.15) is 27.0 Å². The largest absolute Gasteiger partial charge is 0.341 e. The molecule has 2 N–H and O–H groups in total. The van der Waals surface area contributed by atoms with Gasteiger partial charge in [-0.2, -0.15) is 0 Å². The van der Waals surface area contributed by atoms with E-state index in [1.165, 1.54) is 5.56 Å². The standard InChI is InChI=1S/C25H22N2OS/c1-15-4-9-18(10-5-15)22-23(29)20-14-17(3)8-13-21(20)26-24(22)27-25(28)19-11-6-16(2)7-12-19/h4-14H,1-3H3,(H2,26,27,28,29). The topological polar surface area (TPSA) is 44.9 Å². The van der Waals surface area contributed by atoms with Gasteiger partial charge >= 0.3 is 0 Å². The van der Waals surface area contributed by atoms with E-state index in [4.69, 9.17) is 12.2 Å². The van der Waals surface area contributed by atoms with Crippen LogP contribution in [0.25, 0.3) is 22.0 Å². The van der Waals surface area contributed by atoms with Gasteiger partial charge in [0.15, 0.2) is 0 Å². The maximum absolute atomic E-state index is 12.9. The molecule has 0 radical (unpaired) electrons. The number of hydrogen-bond acceptors (Lipinski definition) is 2. The molecule has 0 aliphatic heterocycles. The van der Waals surface area contributed by atoms with Gasteiger partial charge in [-0.1, -0.05) is 71.4 Å². The highest BCUT2D eigenvalue weighted by molar-refractivity contribution is 7.71. The van der Waals surface area contributed by atoms with E-state index in [2.05, 4.69) is 28.5 Å². The van der Waals surface area contributed by atoms with Crippen LogP contribution in [0.3, 0.4) is 0 Å². The number of benzene rings is 3. The van der Waals surface area contributed by atoms with Crippen LogP contribution in [0.5, 0.6) is 0 Å². The van der Waals surface area contributed by atoms with Crippen LogP contribution in [0.4, 0.5) is 5.82 Å². The van der Waals surface area contributed by atoms with Gasteiger partial charge in [0.1, 0.15) is 5.82 Å². The fourth-order valence-electron chi connectivity index (χ4n) is 3.38. The summed E-state index contributed by atoms with van der Waals surface area (Å²) in [5.41, 5.74) is 6.73. The number of H-pyrrole nitrogens is 1. The summed E-state index contributed by atoms with van der Waals surface area (Å²) in [4.78, 5) is 16.3. The first kappa shape index (κ1) is 19.1. The Labute approximate surface area is 175 Å². The van der Waals surface area contributed by atoms with Crippen molar-refractivity contribution in [3.8, 4) is 11.1 Å². The lowest BCUT2D eigenvalue weighted by molar-refractivity contribution is 0.102. The maximum atomic E-state index is 12.9. The molecule has 1 amide bonds. The summed E-state index contributed by atoms with van der Waals surface area (Å²) in [6, 6.07) is 21.8. The smallest absolute Gasteiger partial charge is 0.256 e. The Balaban J connectivity index is 1.89. The molecule has 4 rings (SSSR count). The van der Waals surface area contributed by atoms with Crippen molar-refractivity contribution < 1.29 is 4.79 Å². The third-order valence-corrected chi connectivity index (χ3v) is 5.47. The second-order valence-electron chi connectivity index (χ2n) is 7.44. The Morgan fingerprint density at radius 2 is 1.41 bits per heavy atom. The molecular weight excluding hydrogens is 376 g/mol. The van der Waals surface area contributed by atoms with Gasteiger partial charge in [0.25, 0.3) is 5.91 Å². The molecule has 144 valence electrons. The van der Waals surface area contributed by atoms with E-state index < -0.39 is 0 Å². The fourth-order valence-corrected chi connectivity index (χ4v) is 3.77. The molecule has 0 atom stereocenters. The SMILES string of the molecule is Cc1ccc(C(=O)Nc2[nH]c3ccc(C)cc3c(=S)c2-c2ccc(C)cc2)cc1. The van der Waals surface area contributed by atoms with Crippen molar-refractivity contribution >= 4 is 34.8 Å². The van der Waals surface area contributed by atoms with Crippen molar-refractivity contribution in [3.63, 3.8) is 0 Å². The predicted molar refractivity (Wildman–Crippen MR) is 123 cm³/mol. The average molecular weight is 399 g/mol. The van der Waals surface area contributed by atoms with Gasteiger partial charge < -0.3 is 10.3 Å². The summed E-state index contributed by atoms with van der Waals surface area (Å²) in [5.74, 6) is 0.441. The van der Waals surface area contributed by atoms with Crippen LogP contribution in [-0.4, -0.2) is 10.9 Å². The molecule has 3 nitrogen and oxygen atoms in total. The number of nitrogens with one attached hydrogen (secondary N) is 2. The second-order valence-corrected chi connectivity index (χ2v) is 7.85. The molecule has 0 aliphatic rings. The first-order valence-electron chi connectivity index (χ1n) is 9.54. The van der Waals surface area contributed by atoms with E-state index in [0.29, 0.717) is 11.4 Å². The number of hydrogen-bond donors (Lipinski definition) is 2. The highest BCUT2D eigenvalue weighted by Gasteiger charge is 2.15. The molecule has 0 spiro atoms. The number of aromatic amines is 1. The van der Waals surface area contributed by atoms with Gasteiger partial charge in [0, 0.05) is 22.0 Å². The number of carbonyl (C=O) groups excluding carboxylic acids is 1. The third-order valence-electron chi connectivity index (χ3n) is 5.05. The zero-order chi connectivity index (χ0) is 20.5. The van der Waals surface area contributed by atoms with Gasteiger partial charge in [-0.05, 0) is 50.6 Å². The number of carbonyl (C=O) groups is 1. The molecule has 3 aromatic carbocycles. The Bertz CT molecular complexity index is 1270. The molecule has 1 heterocycles. The summed E-state index contributed by atoms with van der Waals surface area (Å²) in [6.07, 6.45) is 0. The van der Waals surface area contributed by atoms with Crippen molar-refractivity contribution in [1.29, 1.82) is 0 Å².